The maximum Gasteiger partial charge on any atom is 0.165 e. The van der Waals surface area contributed by atoms with Crippen LogP contribution in [0.3, 0.4) is 0 Å². The van der Waals surface area contributed by atoms with Gasteiger partial charge < -0.3 is 20.3 Å². The van der Waals surface area contributed by atoms with Crippen LogP contribution in [0.4, 0.5) is 0 Å². The van der Waals surface area contributed by atoms with Gasteiger partial charge in [0.05, 0.1) is 5.41 Å². The lowest BCUT2D eigenvalue weighted by atomic mass is 9.47. The van der Waals surface area contributed by atoms with Gasteiger partial charge in [0.15, 0.2) is 11.5 Å². The summed E-state index contributed by atoms with van der Waals surface area (Å²) in [6.07, 6.45) is 6.25. The van der Waals surface area contributed by atoms with Gasteiger partial charge in [0, 0.05) is 24.2 Å². The molecule has 1 aromatic rings. The van der Waals surface area contributed by atoms with E-state index in [1.807, 2.05) is 7.05 Å². The molecule has 5 atom stereocenters. The lowest BCUT2D eigenvalue weighted by Crippen LogP contribution is -2.81. The van der Waals surface area contributed by atoms with Crippen LogP contribution in [0.15, 0.2) is 12.1 Å². The van der Waals surface area contributed by atoms with E-state index in [-0.39, 0.29) is 29.4 Å². The Hall–Kier alpha value is -1.30. The second-order valence-electron chi connectivity index (χ2n) is 9.18. The Morgan fingerprint density at radius 2 is 2.12 bits per heavy atom. The number of nitrogens with zero attached hydrogens (tertiary/aromatic N) is 1. The van der Waals surface area contributed by atoms with Gasteiger partial charge >= 0.3 is 0 Å². The Morgan fingerprint density at radius 1 is 1.27 bits per heavy atom. The van der Waals surface area contributed by atoms with Crippen molar-refractivity contribution in [2.75, 3.05) is 20.1 Å². The summed E-state index contributed by atoms with van der Waals surface area (Å²) in [6, 6.07) is 4.04. The van der Waals surface area contributed by atoms with E-state index in [2.05, 4.69) is 16.3 Å². The van der Waals surface area contributed by atoms with Gasteiger partial charge in [-0.1, -0.05) is 6.07 Å². The number of rotatable bonds is 3. The zero-order chi connectivity index (χ0) is 17.7. The van der Waals surface area contributed by atoms with Crippen molar-refractivity contribution >= 4 is 0 Å². The molecule has 2 bridgehead atoms. The molecule has 2 saturated carbocycles. The molecule has 3 aliphatic carbocycles. The Morgan fingerprint density at radius 3 is 2.88 bits per heavy atom. The van der Waals surface area contributed by atoms with Crippen LogP contribution < -0.4 is 10.1 Å². The molecular formula is C21H28N2O3. The highest BCUT2D eigenvalue weighted by Crippen LogP contribution is 2.65. The highest BCUT2D eigenvalue weighted by molar-refractivity contribution is 5.62. The lowest BCUT2D eigenvalue weighted by molar-refractivity contribution is -0.199. The smallest absolute Gasteiger partial charge is 0.165 e. The number of nitrogens with one attached hydrogen (secondary N) is 1. The lowest BCUT2D eigenvalue weighted by Gasteiger charge is -2.65. The van der Waals surface area contributed by atoms with Gasteiger partial charge in [-0.25, -0.2) is 0 Å². The van der Waals surface area contributed by atoms with Gasteiger partial charge in [-0.3, -0.25) is 4.90 Å². The monoisotopic (exact) mass is 356 g/mol. The summed E-state index contributed by atoms with van der Waals surface area (Å²) in [7, 11) is 1.98. The Balaban J connectivity index is 1.58. The van der Waals surface area contributed by atoms with Crippen LogP contribution in [0, 0.1) is 5.92 Å². The third kappa shape index (κ3) is 1.64. The molecule has 26 heavy (non-hydrogen) atoms. The molecule has 140 valence electrons. The maximum atomic E-state index is 12.4. The molecule has 1 aromatic carbocycles. The number of phenols is 1. The van der Waals surface area contributed by atoms with Crippen molar-refractivity contribution in [3.8, 4) is 11.5 Å². The quantitative estimate of drug-likeness (QED) is 0.767. The molecule has 0 amide bonds. The molecule has 3 fully saturated rings. The standard InChI is InChI=1S/C21H28N2O3/c1-22-15-6-7-17-20-8-9-23(11-12-2-3-12)16(21(15,20)25)10-13-4-5-14(24)19(26-17)18(13)20/h4-5,12,15-17,22,24-25H,2-3,6-11H2,1H3/t15?,16-,17?,20-,21-/m1/s1. The molecule has 2 heterocycles. The van der Waals surface area contributed by atoms with Crippen LogP contribution in [-0.4, -0.2) is 59.0 Å². The summed E-state index contributed by atoms with van der Waals surface area (Å²) >= 11 is 0. The van der Waals surface area contributed by atoms with Gasteiger partial charge in [0.25, 0.3) is 0 Å². The topological polar surface area (TPSA) is 65.0 Å². The van der Waals surface area contributed by atoms with E-state index in [1.54, 1.807) is 6.07 Å². The number of piperidine rings is 1. The minimum atomic E-state index is -0.843. The molecule has 6 rings (SSSR count). The molecule has 0 radical (unpaired) electrons. The van der Waals surface area contributed by atoms with Gasteiger partial charge in [-0.2, -0.15) is 0 Å². The normalized spacial score (nSPS) is 43.1. The van der Waals surface area contributed by atoms with Crippen molar-refractivity contribution in [3.63, 3.8) is 0 Å². The number of likely N-dealkylation sites (tertiary alicyclic amines) is 1. The predicted octanol–water partition coefficient (Wildman–Crippen LogP) is 1.54. The Labute approximate surface area is 154 Å². The highest BCUT2D eigenvalue weighted by atomic mass is 16.5. The molecule has 2 aliphatic heterocycles. The van der Waals surface area contributed by atoms with E-state index in [4.69, 9.17) is 4.74 Å². The average molecular weight is 356 g/mol. The molecule has 5 heteroatoms. The molecular weight excluding hydrogens is 328 g/mol. The van der Waals surface area contributed by atoms with Crippen molar-refractivity contribution in [1.82, 2.24) is 10.2 Å². The summed E-state index contributed by atoms with van der Waals surface area (Å²) in [5, 5.41) is 26.3. The number of ether oxygens (including phenoxy) is 1. The van der Waals surface area contributed by atoms with Crippen molar-refractivity contribution < 1.29 is 14.9 Å². The number of likely N-dealkylation sites (N-methyl/N-ethyl adjacent to an activating group) is 1. The maximum absolute atomic E-state index is 12.4. The first kappa shape index (κ1) is 15.7. The summed E-state index contributed by atoms with van der Waals surface area (Å²) in [5.41, 5.74) is 1.16. The second kappa shape index (κ2) is 4.94. The number of aromatic hydroxyl groups is 1. The van der Waals surface area contributed by atoms with Crippen molar-refractivity contribution in [2.45, 2.75) is 67.7 Å². The Kier molecular flexibility index (Phi) is 2.99. The largest absolute Gasteiger partial charge is 0.504 e. The fourth-order valence-corrected chi connectivity index (χ4v) is 6.89. The van der Waals surface area contributed by atoms with Crippen LogP contribution in [0.2, 0.25) is 0 Å². The summed E-state index contributed by atoms with van der Waals surface area (Å²) < 4.78 is 6.34. The van der Waals surface area contributed by atoms with Crippen LogP contribution in [-0.2, 0) is 11.8 Å². The van der Waals surface area contributed by atoms with E-state index >= 15 is 0 Å². The third-order valence-corrected chi connectivity index (χ3v) is 8.14. The molecule has 0 aromatic heterocycles. The molecule has 3 N–H and O–H groups in total. The first-order chi connectivity index (χ1) is 12.6. The zero-order valence-corrected chi connectivity index (χ0v) is 15.4. The van der Waals surface area contributed by atoms with Crippen molar-refractivity contribution in [3.05, 3.63) is 23.3 Å². The first-order valence-electron chi connectivity index (χ1n) is 10.2. The van der Waals surface area contributed by atoms with Crippen LogP contribution in [0.25, 0.3) is 0 Å². The van der Waals surface area contributed by atoms with E-state index < -0.39 is 5.60 Å². The van der Waals surface area contributed by atoms with E-state index in [1.165, 1.54) is 18.4 Å². The van der Waals surface area contributed by atoms with Gasteiger partial charge in [-0.15, -0.1) is 0 Å². The minimum Gasteiger partial charge on any atom is -0.504 e. The van der Waals surface area contributed by atoms with E-state index in [0.29, 0.717) is 5.75 Å². The summed E-state index contributed by atoms with van der Waals surface area (Å²) in [5.74, 6) is 1.70. The second-order valence-corrected chi connectivity index (χ2v) is 9.18. The number of hydrogen-bond donors (Lipinski definition) is 3. The first-order valence-corrected chi connectivity index (χ1v) is 10.2. The molecule has 5 aliphatic rings. The van der Waals surface area contributed by atoms with Gasteiger partial charge in [-0.05, 0) is 69.7 Å². The minimum absolute atomic E-state index is 0.0231. The van der Waals surface area contributed by atoms with Crippen LogP contribution >= 0.6 is 0 Å². The number of phenolic OH excluding ortho intramolecular Hbond substituents is 1. The van der Waals surface area contributed by atoms with E-state index in [0.717, 1.165) is 50.3 Å². The molecule has 5 nitrogen and oxygen atoms in total. The highest BCUT2D eigenvalue weighted by Gasteiger charge is 2.73. The molecule has 2 unspecified atom stereocenters. The van der Waals surface area contributed by atoms with Gasteiger partial charge in [0.1, 0.15) is 11.7 Å². The van der Waals surface area contributed by atoms with Crippen molar-refractivity contribution in [2.24, 2.45) is 5.92 Å². The predicted molar refractivity (Wildman–Crippen MR) is 97.6 cm³/mol. The fourth-order valence-electron chi connectivity index (χ4n) is 6.89. The molecule has 1 spiro atoms. The summed E-state index contributed by atoms with van der Waals surface area (Å²) in [6.45, 7) is 2.14. The SMILES string of the molecule is CNC1CCC2Oc3c(O)ccc4c3[C@@]23CCN(CC2CC2)[C@H](C4)[C@]13O. The third-order valence-electron chi connectivity index (χ3n) is 8.14. The Bertz CT molecular complexity index is 779. The van der Waals surface area contributed by atoms with Crippen LogP contribution in [0.1, 0.15) is 43.2 Å². The average Bonchev–Trinajstić information content (AvgIpc) is 3.37. The molecule has 1 saturated heterocycles. The number of hydrogen-bond acceptors (Lipinski definition) is 5. The van der Waals surface area contributed by atoms with Crippen molar-refractivity contribution in [1.29, 1.82) is 0 Å². The zero-order valence-electron chi connectivity index (χ0n) is 15.4. The van der Waals surface area contributed by atoms with Crippen LogP contribution in [0.5, 0.6) is 11.5 Å². The van der Waals surface area contributed by atoms with Gasteiger partial charge in [0.2, 0.25) is 0 Å². The number of benzene rings is 1. The van der Waals surface area contributed by atoms with E-state index in [9.17, 15) is 10.2 Å². The fraction of sp³-hybridized carbons (Fsp3) is 0.714. The number of aliphatic hydroxyl groups is 1. The summed E-state index contributed by atoms with van der Waals surface area (Å²) in [4.78, 5) is 2.57.